The molecule has 1 aliphatic heterocycles. The van der Waals surface area contributed by atoms with E-state index in [1.807, 2.05) is 18.2 Å². The fraction of sp³-hybridized carbons (Fsp3) is 0.333. The number of nitrogens with zero attached hydrogens (tertiary/aromatic N) is 2. The van der Waals surface area contributed by atoms with Crippen molar-refractivity contribution in [2.45, 2.75) is 6.04 Å². The van der Waals surface area contributed by atoms with Gasteiger partial charge in [0.2, 0.25) is 0 Å². The predicted molar refractivity (Wildman–Crippen MR) is 79.0 cm³/mol. The highest BCUT2D eigenvalue weighted by Gasteiger charge is 2.21. The molecule has 1 aliphatic rings. The van der Waals surface area contributed by atoms with Crippen molar-refractivity contribution in [1.29, 1.82) is 0 Å². The van der Waals surface area contributed by atoms with Crippen molar-refractivity contribution in [3.8, 4) is 11.5 Å². The molecule has 100 valence electrons. The van der Waals surface area contributed by atoms with E-state index in [0.29, 0.717) is 30.0 Å². The molecule has 2 aromatic rings. The maximum absolute atomic E-state index is 6.09. The summed E-state index contributed by atoms with van der Waals surface area (Å²) in [4.78, 5) is 4.39. The van der Waals surface area contributed by atoms with Crippen LogP contribution in [0.25, 0.3) is 11.5 Å². The van der Waals surface area contributed by atoms with Gasteiger partial charge in [0.1, 0.15) is 0 Å². The zero-order chi connectivity index (χ0) is 13.2. The van der Waals surface area contributed by atoms with Crippen LogP contribution in [0.15, 0.2) is 22.7 Å². The Balaban J connectivity index is 1.85. The van der Waals surface area contributed by atoms with E-state index >= 15 is 0 Å². The molecule has 1 atom stereocenters. The Morgan fingerprint density at radius 3 is 3.05 bits per heavy atom. The summed E-state index contributed by atoms with van der Waals surface area (Å²) in [6.07, 6.45) is 0. The van der Waals surface area contributed by atoms with Crippen molar-refractivity contribution < 1.29 is 9.26 Å². The number of benzene rings is 1. The average molecular weight is 392 g/mol. The van der Waals surface area contributed by atoms with Crippen LogP contribution >= 0.6 is 34.2 Å². The monoisotopic (exact) mass is 391 g/mol. The molecule has 0 saturated carbocycles. The first-order valence-electron chi connectivity index (χ1n) is 5.84. The highest BCUT2D eigenvalue weighted by atomic mass is 127. The molecule has 7 heteroatoms. The lowest BCUT2D eigenvalue weighted by molar-refractivity contribution is 0.0734. The van der Waals surface area contributed by atoms with Crippen LogP contribution in [0, 0.1) is 3.57 Å². The van der Waals surface area contributed by atoms with Gasteiger partial charge in [0.15, 0.2) is 5.82 Å². The fourth-order valence-corrected chi connectivity index (χ4v) is 2.37. The van der Waals surface area contributed by atoms with Gasteiger partial charge in [-0.05, 0) is 40.8 Å². The van der Waals surface area contributed by atoms with E-state index < -0.39 is 0 Å². The van der Waals surface area contributed by atoms with Gasteiger partial charge in [-0.3, -0.25) is 0 Å². The number of nitrogens with one attached hydrogen (secondary N) is 1. The third-order valence-electron chi connectivity index (χ3n) is 2.84. The van der Waals surface area contributed by atoms with Gasteiger partial charge in [0, 0.05) is 15.7 Å². The molecule has 1 aromatic heterocycles. The lowest BCUT2D eigenvalue weighted by atomic mass is 10.2. The lowest BCUT2D eigenvalue weighted by Crippen LogP contribution is -2.35. The first-order chi connectivity index (χ1) is 9.24. The van der Waals surface area contributed by atoms with Crippen molar-refractivity contribution in [2.24, 2.45) is 0 Å². The zero-order valence-electron chi connectivity index (χ0n) is 9.90. The predicted octanol–water partition coefficient (Wildman–Crippen LogP) is 2.66. The smallest absolute Gasteiger partial charge is 0.258 e. The number of halogens is 2. The average Bonchev–Trinajstić information content (AvgIpc) is 2.93. The minimum absolute atomic E-state index is 0.00873. The third kappa shape index (κ3) is 2.91. The quantitative estimate of drug-likeness (QED) is 0.798. The zero-order valence-corrected chi connectivity index (χ0v) is 12.8. The van der Waals surface area contributed by atoms with Crippen LogP contribution in [0.4, 0.5) is 0 Å². The summed E-state index contributed by atoms with van der Waals surface area (Å²) in [5.74, 6) is 1.09. The number of ether oxygens (including phenoxy) is 1. The summed E-state index contributed by atoms with van der Waals surface area (Å²) < 4.78 is 11.7. The molecule has 1 saturated heterocycles. The summed E-state index contributed by atoms with van der Waals surface area (Å²) in [7, 11) is 0. The van der Waals surface area contributed by atoms with Crippen LogP contribution in [0.2, 0.25) is 5.02 Å². The molecule has 19 heavy (non-hydrogen) atoms. The topological polar surface area (TPSA) is 60.2 Å². The molecule has 5 nitrogen and oxygen atoms in total. The molecule has 0 bridgehead atoms. The van der Waals surface area contributed by atoms with Crippen LogP contribution in [-0.4, -0.2) is 29.9 Å². The number of rotatable bonds is 2. The van der Waals surface area contributed by atoms with E-state index in [1.165, 1.54) is 0 Å². The number of morpholine rings is 1. The molecule has 0 amide bonds. The van der Waals surface area contributed by atoms with E-state index in [0.717, 1.165) is 15.7 Å². The first kappa shape index (κ1) is 13.3. The van der Waals surface area contributed by atoms with Gasteiger partial charge in [-0.15, -0.1) is 0 Å². The number of aromatic nitrogens is 2. The third-order valence-corrected chi connectivity index (χ3v) is 4.41. The Morgan fingerprint density at radius 1 is 1.42 bits per heavy atom. The minimum atomic E-state index is -0.00873. The summed E-state index contributed by atoms with van der Waals surface area (Å²) >= 11 is 8.27. The van der Waals surface area contributed by atoms with E-state index in [-0.39, 0.29) is 6.04 Å². The molecule has 0 aliphatic carbocycles. The van der Waals surface area contributed by atoms with Gasteiger partial charge in [-0.2, -0.15) is 4.98 Å². The van der Waals surface area contributed by atoms with Crippen molar-refractivity contribution >= 4 is 34.2 Å². The second-order valence-electron chi connectivity index (χ2n) is 4.17. The van der Waals surface area contributed by atoms with Crippen LogP contribution in [0.1, 0.15) is 11.9 Å². The second-order valence-corrected chi connectivity index (χ2v) is 5.74. The van der Waals surface area contributed by atoms with Crippen molar-refractivity contribution in [3.05, 3.63) is 32.6 Å². The van der Waals surface area contributed by atoms with Crippen molar-refractivity contribution in [3.63, 3.8) is 0 Å². The highest BCUT2D eigenvalue weighted by Crippen LogP contribution is 2.26. The molecule has 3 rings (SSSR count). The summed E-state index contributed by atoms with van der Waals surface area (Å²) in [6.45, 7) is 2.07. The van der Waals surface area contributed by atoms with Crippen LogP contribution < -0.4 is 5.32 Å². The standard InChI is InChI=1S/C12H11ClIN3O2/c13-8-5-7(1-2-9(8)14)12-16-11(17-19-12)10-6-18-4-3-15-10/h1-2,5,10,15H,3-4,6H2. The number of hydrogen-bond donors (Lipinski definition) is 1. The Morgan fingerprint density at radius 2 is 2.32 bits per heavy atom. The van der Waals surface area contributed by atoms with E-state index in [9.17, 15) is 0 Å². The van der Waals surface area contributed by atoms with Crippen molar-refractivity contribution in [2.75, 3.05) is 19.8 Å². The highest BCUT2D eigenvalue weighted by molar-refractivity contribution is 14.1. The van der Waals surface area contributed by atoms with E-state index in [1.54, 1.807) is 0 Å². The molecule has 1 aromatic carbocycles. The Bertz CT molecular complexity index is 584. The maximum Gasteiger partial charge on any atom is 0.258 e. The van der Waals surface area contributed by atoms with E-state index in [4.69, 9.17) is 20.9 Å². The summed E-state index contributed by atoms with van der Waals surface area (Å²) in [6, 6.07) is 5.65. The van der Waals surface area contributed by atoms with Gasteiger partial charge >= 0.3 is 0 Å². The van der Waals surface area contributed by atoms with Crippen LogP contribution in [-0.2, 0) is 4.74 Å². The Hall–Kier alpha value is -0.700. The normalized spacial score (nSPS) is 19.6. The van der Waals surface area contributed by atoms with Gasteiger partial charge in [0.05, 0.1) is 24.3 Å². The Labute approximate surface area is 128 Å². The molecule has 0 radical (unpaired) electrons. The number of hydrogen-bond acceptors (Lipinski definition) is 5. The SMILES string of the molecule is Clc1cc(-c2nc(C3COCCN3)no2)ccc1I. The van der Waals surface area contributed by atoms with Crippen LogP contribution in [0.5, 0.6) is 0 Å². The van der Waals surface area contributed by atoms with Crippen molar-refractivity contribution in [1.82, 2.24) is 15.5 Å². The van der Waals surface area contributed by atoms with Gasteiger partial charge in [-0.25, -0.2) is 0 Å². The van der Waals surface area contributed by atoms with Gasteiger partial charge in [-0.1, -0.05) is 16.8 Å². The summed E-state index contributed by atoms with van der Waals surface area (Å²) in [5.41, 5.74) is 0.820. The Kier molecular flexibility index (Phi) is 4.01. The first-order valence-corrected chi connectivity index (χ1v) is 7.30. The summed E-state index contributed by atoms with van der Waals surface area (Å²) in [5, 5.41) is 7.96. The van der Waals surface area contributed by atoms with Gasteiger partial charge < -0.3 is 14.6 Å². The molecule has 1 N–H and O–H groups in total. The lowest BCUT2D eigenvalue weighted by Gasteiger charge is -2.20. The van der Waals surface area contributed by atoms with E-state index in [2.05, 4.69) is 38.0 Å². The molecular weight excluding hydrogens is 381 g/mol. The molecule has 1 fully saturated rings. The molecule has 1 unspecified atom stereocenters. The molecular formula is C12H11ClIN3O2. The van der Waals surface area contributed by atoms with Crippen LogP contribution in [0.3, 0.4) is 0 Å². The largest absolute Gasteiger partial charge is 0.378 e. The van der Waals surface area contributed by atoms with Gasteiger partial charge in [0.25, 0.3) is 5.89 Å². The molecule has 2 heterocycles. The minimum Gasteiger partial charge on any atom is -0.378 e. The maximum atomic E-state index is 6.09. The fourth-order valence-electron chi connectivity index (χ4n) is 1.85. The molecule has 0 spiro atoms. The second kappa shape index (κ2) is 5.74.